The molecule has 1 unspecified atom stereocenters. The zero-order chi connectivity index (χ0) is 11.8. The molecule has 1 atom stereocenters. The summed E-state index contributed by atoms with van der Waals surface area (Å²) in [5.74, 6) is 0.146. The highest BCUT2D eigenvalue weighted by Crippen LogP contribution is 2.31. The third-order valence-corrected chi connectivity index (χ3v) is 6.03. The Morgan fingerprint density at radius 3 is 2.88 bits per heavy atom. The maximum atomic E-state index is 11.2. The third-order valence-electron chi connectivity index (χ3n) is 2.16. The lowest BCUT2D eigenvalue weighted by atomic mass is 10.3. The summed E-state index contributed by atoms with van der Waals surface area (Å²) in [7, 11) is -2.98. The summed E-state index contributed by atoms with van der Waals surface area (Å²) in [4.78, 5) is 1.08. The molecule has 0 aromatic carbocycles. The standard InChI is InChI=1S/C9H9BrClNO2S2/c10-8-3-7(15-9(8)11)4-12-6-1-2-16(13,14)5-6/h1-3,6,12H,4-5H2. The quantitative estimate of drug-likeness (QED) is 0.918. The van der Waals surface area contributed by atoms with Gasteiger partial charge in [0.25, 0.3) is 0 Å². The fourth-order valence-electron chi connectivity index (χ4n) is 1.41. The van der Waals surface area contributed by atoms with Crippen molar-refractivity contribution in [3.05, 3.63) is 31.2 Å². The normalized spacial score (nSPS) is 22.8. The van der Waals surface area contributed by atoms with Gasteiger partial charge in [0.15, 0.2) is 9.84 Å². The first kappa shape index (κ1) is 12.6. The number of hydrogen-bond donors (Lipinski definition) is 1. The molecular formula is C9H9BrClNO2S2. The van der Waals surface area contributed by atoms with Gasteiger partial charge in [-0.25, -0.2) is 8.42 Å². The maximum absolute atomic E-state index is 11.2. The van der Waals surface area contributed by atoms with E-state index in [1.807, 2.05) is 6.07 Å². The van der Waals surface area contributed by atoms with Gasteiger partial charge in [0.2, 0.25) is 0 Å². The zero-order valence-corrected chi connectivity index (χ0v) is 12.1. The molecular weight excluding hydrogens is 334 g/mol. The molecule has 1 N–H and O–H groups in total. The topological polar surface area (TPSA) is 46.2 Å². The molecule has 0 saturated carbocycles. The average Bonchev–Trinajstić information content (AvgIpc) is 2.68. The van der Waals surface area contributed by atoms with Crippen molar-refractivity contribution in [1.29, 1.82) is 0 Å². The smallest absolute Gasteiger partial charge is 0.173 e. The van der Waals surface area contributed by atoms with E-state index in [4.69, 9.17) is 11.6 Å². The summed E-state index contributed by atoms with van der Waals surface area (Å²) in [5, 5.41) is 4.42. The molecule has 88 valence electrons. The molecule has 16 heavy (non-hydrogen) atoms. The Kier molecular flexibility index (Phi) is 3.75. The SMILES string of the molecule is O=S1(=O)C=CC(NCc2cc(Br)c(Cl)s2)C1. The van der Waals surface area contributed by atoms with Gasteiger partial charge in [-0.05, 0) is 22.0 Å². The van der Waals surface area contributed by atoms with Crippen molar-refractivity contribution in [1.82, 2.24) is 5.32 Å². The molecule has 7 heteroatoms. The fourth-order valence-corrected chi connectivity index (χ4v) is 4.42. The predicted molar refractivity (Wildman–Crippen MR) is 70.6 cm³/mol. The van der Waals surface area contributed by atoms with Crippen LogP contribution < -0.4 is 5.32 Å². The van der Waals surface area contributed by atoms with Gasteiger partial charge in [-0.15, -0.1) is 11.3 Å². The molecule has 0 amide bonds. The van der Waals surface area contributed by atoms with Crippen LogP contribution in [0.25, 0.3) is 0 Å². The van der Waals surface area contributed by atoms with E-state index in [1.165, 1.54) is 16.7 Å². The van der Waals surface area contributed by atoms with Crippen molar-refractivity contribution in [2.75, 3.05) is 5.75 Å². The van der Waals surface area contributed by atoms with Gasteiger partial charge < -0.3 is 5.32 Å². The summed E-state index contributed by atoms with van der Waals surface area (Å²) in [5.41, 5.74) is 0. The highest BCUT2D eigenvalue weighted by atomic mass is 79.9. The molecule has 1 aliphatic rings. The Morgan fingerprint density at radius 1 is 1.62 bits per heavy atom. The van der Waals surface area contributed by atoms with Crippen LogP contribution in [0.15, 0.2) is 22.0 Å². The van der Waals surface area contributed by atoms with Gasteiger partial charge in [0, 0.05) is 27.3 Å². The van der Waals surface area contributed by atoms with E-state index in [1.54, 1.807) is 6.08 Å². The molecule has 0 saturated heterocycles. The average molecular weight is 343 g/mol. The first-order valence-electron chi connectivity index (χ1n) is 4.54. The first-order valence-corrected chi connectivity index (χ1v) is 8.24. The zero-order valence-electron chi connectivity index (χ0n) is 8.11. The molecule has 2 rings (SSSR count). The molecule has 0 spiro atoms. The van der Waals surface area contributed by atoms with Gasteiger partial charge in [-0.1, -0.05) is 17.7 Å². The van der Waals surface area contributed by atoms with Crippen LogP contribution in [0.4, 0.5) is 0 Å². The number of hydrogen-bond acceptors (Lipinski definition) is 4. The van der Waals surface area contributed by atoms with E-state index in [-0.39, 0.29) is 11.8 Å². The highest BCUT2D eigenvalue weighted by molar-refractivity contribution is 9.10. The molecule has 1 aliphatic heterocycles. The van der Waals surface area contributed by atoms with Gasteiger partial charge in [-0.2, -0.15) is 0 Å². The van der Waals surface area contributed by atoms with Gasteiger partial charge in [0.1, 0.15) is 4.34 Å². The summed E-state index contributed by atoms with van der Waals surface area (Å²) >= 11 is 10.7. The minimum absolute atomic E-state index is 0.0929. The minimum atomic E-state index is -2.98. The van der Waals surface area contributed by atoms with E-state index in [0.717, 1.165) is 9.35 Å². The summed E-state index contributed by atoms with van der Waals surface area (Å²) in [6.07, 6.45) is 1.68. The van der Waals surface area contributed by atoms with Crippen molar-refractivity contribution in [3.8, 4) is 0 Å². The number of halogens is 2. The number of nitrogens with one attached hydrogen (secondary N) is 1. The van der Waals surface area contributed by atoms with E-state index in [0.29, 0.717) is 10.9 Å². The number of rotatable bonds is 3. The van der Waals surface area contributed by atoms with Gasteiger partial charge in [0.05, 0.1) is 5.75 Å². The lowest BCUT2D eigenvalue weighted by Gasteiger charge is -2.07. The molecule has 3 nitrogen and oxygen atoms in total. The van der Waals surface area contributed by atoms with Crippen molar-refractivity contribution in [2.45, 2.75) is 12.6 Å². The molecule has 1 aromatic rings. The van der Waals surface area contributed by atoms with Crippen LogP contribution in [0.3, 0.4) is 0 Å². The van der Waals surface area contributed by atoms with Crippen LogP contribution in [-0.2, 0) is 16.4 Å². The Morgan fingerprint density at radius 2 is 2.38 bits per heavy atom. The molecule has 2 heterocycles. The number of sulfone groups is 1. The van der Waals surface area contributed by atoms with Crippen LogP contribution >= 0.6 is 38.9 Å². The van der Waals surface area contributed by atoms with E-state index in [9.17, 15) is 8.42 Å². The van der Waals surface area contributed by atoms with Crippen molar-refractivity contribution >= 4 is 48.7 Å². The number of thiophene rings is 1. The molecule has 1 aromatic heterocycles. The lowest BCUT2D eigenvalue weighted by molar-refractivity contribution is 0.591. The molecule has 0 bridgehead atoms. The lowest BCUT2D eigenvalue weighted by Crippen LogP contribution is -2.29. The predicted octanol–water partition coefficient (Wildman–Crippen LogP) is 2.56. The van der Waals surface area contributed by atoms with Crippen LogP contribution in [0.5, 0.6) is 0 Å². The van der Waals surface area contributed by atoms with E-state index in [2.05, 4.69) is 21.2 Å². The van der Waals surface area contributed by atoms with Crippen molar-refractivity contribution in [2.24, 2.45) is 0 Å². The monoisotopic (exact) mass is 341 g/mol. The molecule has 0 radical (unpaired) electrons. The van der Waals surface area contributed by atoms with Crippen LogP contribution in [0.1, 0.15) is 4.88 Å². The largest absolute Gasteiger partial charge is 0.305 e. The van der Waals surface area contributed by atoms with Crippen LogP contribution in [-0.4, -0.2) is 20.2 Å². The van der Waals surface area contributed by atoms with E-state index < -0.39 is 9.84 Å². The van der Waals surface area contributed by atoms with Crippen LogP contribution in [0, 0.1) is 0 Å². The maximum Gasteiger partial charge on any atom is 0.173 e. The second-order valence-electron chi connectivity index (χ2n) is 3.48. The second kappa shape index (κ2) is 4.78. The van der Waals surface area contributed by atoms with E-state index >= 15 is 0 Å². The molecule has 0 fully saturated rings. The summed E-state index contributed by atoms with van der Waals surface area (Å²) < 4.78 is 23.9. The van der Waals surface area contributed by atoms with Crippen LogP contribution in [0.2, 0.25) is 4.34 Å². The third kappa shape index (κ3) is 3.07. The Bertz CT molecular complexity index is 504. The summed E-state index contributed by atoms with van der Waals surface area (Å²) in [6, 6.07) is 1.84. The Hall–Kier alpha value is 0.120. The molecule has 0 aliphatic carbocycles. The fraction of sp³-hybridized carbons (Fsp3) is 0.333. The summed E-state index contributed by atoms with van der Waals surface area (Å²) in [6.45, 7) is 0.626. The highest BCUT2D eigenvalue weighted by Gasteiger charge is 2.21. The first-order chi connectivity index (χ1) is 7.46. The van der Waals surface area contributed by atoms with Gasteiger partial charge >= 0.3 is 0 Å². The van der Waals surface area contributed by atoms with Crippen molar-refractivity contribution in [3.63, 3.8) is 0 Å². The minimum Gasteiger partial charge on any atom is -0.305 e. The second-order valence-corrected chi connectivity index (χ2v) is 8.00. The Balaban J connectivity index is 1.92. The van der Waals surface area contributed by atoms with Crippen molar-refractivity contribution < 1.29 is 8.42 Å². The van der Waals surface area contributed by atoms with Gasteiger partial charge in [-0.3, -0.25) is 0 Å². The Labute approximate surface area is 112 Å².